The maximum absolute atomic E-state index is 12.9. The Morgan fingerprint density at radius 2 is 2.25 bits per heavy atom. The van der Waals surface area contributed by atoms with Crippen LogP contribution in [0.2, 0.25) is 5.02 Å². The third-order valence-corrected chi connectivity index (χ3v) is 3.87. The maximum Gasteiger partial charge on any atom is 0.124 e. The fraction of sp³-hybridized carbons (Fsp3) is 0.538. The van der Waals surface area contributed by atoms with E-state index in [0.717, 1.165) is 23.8 Å². The summed E-state index contributed by atoms with van der Waals surface area (Å²) < 4.78 is 12.9. The zero-order valence-corrected chi connectivity index (χ0v) is 10.4. The van der Waals surface area contributed by atoms with Crippen LogP contribution in [0.15, 0.2) is 18.2 Å². The van der Waals surface area contributed by atoms with Gasteiger partial charge in [-0.3, -0.25) is 0 Å². The summed E-state index contributed by atoms with van der Waals surface area (Å²) in [5.74, 6) is 1.28. The van der Waals surface area contributed by atoms with E-state index in [1.54, 1.807) is 6.07 Å². The molecule has 0 radical (unpaired) electrons. The van der Waals surface area contributed by atoms with Crippen LogP contribution >= 0.6 is 11.6 Å². The van der Waals surface area contributed by atoms with E-state index in [9.17, 15) is 4.39 Å². The van der Waals surface area contributed by atoms with Crippen molar-refractivity contribution >= 4 is 11.6 Å². The average Bonchev–Trinajstić information content (AvgIpc) is 2.94. The Hall–Kier alpha value is -0.600. The van der Waals surface area contributed by atoms with Crippen molar-refractivity contribution in [2.75, 3.05) is 7.05 Å². The third kappa shape index (κ3) is 2.55. The Labute approximate surface area is 101 Å². The van der Waals surface area contributed by atoms with E-state index in [0.29, 0.717) is 11.1 Å². The van der Waals surface area contributed by atoms with Crippen LogP contribution in [0.1, 0.15) is 18.9 Å². The molecule has 0 aliphatic heterocycles. The molecule has 88 valence electrons. The molecule has 0 bridgehead atoms. The van der Waals surface area contributed by atoms with Gasteiger partial charge in [0.05, 0.1) is 0 Å². The van der Waals surface area contributed by atoms with E-state index in [-0.39, 0.29) is 5.82 Å². The molecule has 0 amide bonds. The summed E-state index contributed by atoms with van der Waals surface area (Å²) in [6.45, 7) is 2.27. The molecule has 1 aromatic rings. The van der Waals surface area contributed by atoms with Crippen LogP contribution in [-0.4, -0.2) is 13.1 Å². The molecule has 3 unspecified atom stereocenters. The average molecular weight is 242 g/mol. The van der Waals surface area contributed by atoms with Gasteiger partial charge in [-0.05, 0) is 49.4 Å². The minimum atomic E-state index is -0.269. The number of benzene rings is 1. The largest absolute Gasteiger partial charge is 0.316 e. The van der Waals surface area contributed by atoms with Gasteiger partial charge in [0.25, 0.3) is 0 Å². The Balaban J connectivity index is 2.07. The summed E-state index contributed by atoms with van der Waals surface area (Å²) in [7, 11) is 1.98. The van der Waals surface area contributed by atoms with Crippen LogP contribution < -0.4 is 5.32 Å². The van der Waals surface area contributed by atoms with Gasteiger partial charge in [-0.15, -0.1) is 0 Å². The molecule has 1 aliphatic rings. The molecule has 1 N–H and O–H groups in total. The quantitative estimate of drug-likeness (QED) is 0.853. The molecule has 3 atom stereocenters. The van der Waals surface area contributed by atoms with Gasteiger partial charge >= 0.3 is 0 Å². The van der Waals surface area contributed by atoms with Gasteiger partial charge in [-0.2, -0.15) is 0 Å². The van der Waals surface area contributed by atoms with E-state index in [1.165, 1.54) is 18.6 Å². The van der Waals surface area contributed by atoms with Crippen molar-refractivity contribution in [3.05, 3.63) is 34.6 Å². The SMILES string of the molecule is CNC(Cc1ccc(F)cc1Cl)C1CC1C. The second-order valence-corrected chi connectivity index (χ2v) is 5.12. The van der Waals surface area contributed by atoms with E-state index in [1.807, 2.05) is 7.05 Å². The molecule has 0 spiro atoms. The highest BCUT2D eigenvalue weighted by atomic mass is 35.5. The van der Waals surface area contributed by atoms with Crippen LogP contribution in [0.25, 0.3) is 0 Å². The second-order valence-electron chi connectivity index (χ2n) is 4.71. The number of hydrogen-bond donors (Lipinski definition) is 1. The molecule has 3 heteroatoms. The smallest absolute Gasteiger partial charge is 0.124 e. The van der Waals surface area contributed by atoms with E-state index >= 15 is 0 Å². The first kappa shape index (κ1) is 11.9. The third-order valence-electron chi connectivity index (χ3n) is 3.51. The van der Waals surface area contributed by atoms with Crippen molar-refractivity contribution in [2.45, 2.75) is 25.8 Å². The van der Waals surface area contributed by atoms with Gasteiger partial charge in [0.2, 0.25) is 0 Å². The lowest BCUT2D eigenvalue weighted by atomic mass is 10.0. The Morgan fingerprint density at radius 1 is 1.56 bits per heavy atom. The molecule has 0 heterocycles. The van der Waals surface area contributed by atoms with Gasteiger partial charge in [0.1, 0.15) is 5.82 Å². The van der Waals surface area contributed by atoms with Crippen molar-refractivity contribution in [2.24, 2.45) is 11.8 Å². The molecule has 2 rings (SSSR count). The van der Waals surface area contributed by atoms with Crippen LogP contribution in [0, 0.1) is 17.7 Å². The van der Waals surface area contributed by atoms with Crippen LogP contribution in [0.5, 0.6) is 0 Å². The lowest BCUT2D eigenvalue weighted by Crippen LogP contribution is -2.30. The normalized spacial score (nSPS) is 25.5. The van der Waals surface area contributed by atoms with Gasteiger partial charge < -0.3 is 5.32 Å². The monoisotopic (exact) mass is 241 g/mol. The first-order valence-corrected chi connectivity index (χ1v) is 6.10. The van der Waals surface area contributed by atoms with Crippen molar-refractivity contribution in [3.8, 4) is 0 Å². The van der Waals surface area contributed by atoms with Gasteiger partial charge in [-0.25, -0.2) is 4.39 Å². The first-order chi connectivity index (χ1) is 7.61. The summed E-state index contributed by atoms with van der Waals surface area (Å²) in [6, 6.07) is 5.11. The number of hydrogen-bond acceptors (Lipinski definition) is 1. The predicted octanol–water partition coefficient (Wildman–Crippen LogP) is 3.27. The van der Waals surface area contributed by atoms with Crippen molar-refractivity contribution in [1.82, 2.24) is 5.32 Å². The molecule has 1 nitrogen and oxygen atoms in total. The van der Waals surface area contributed by atoms with E-state index in [2.05, 4.69) is 12.2 Å². The Morgan fingerprint density at radius 3 is 2.75 bits per heavy atom. The predicted molar refractivity (Wildman–Crippen MR) is 65.2 cm³/mol. The lowest BCUT2D eigenvalue weighted by molar-refractivity contribution is 0.479. The van der Waals surface area contributed by atoms with Crippen molar-refractivity contribution < 1.29 is 4.39 Å². The van der Waals surface area contributed by atoms with E-state index in [4.69, 9.17) is 11.6 Å². The fourth-order valence-electron chi connectivity index (χ4n) is 2.30. The minimum Gasteiger partial charge on any atom is -0.316 e. The summed E-state index contributed by atoms with van der Waals surface area (Å²) in [6.07, 6.45) is 2.16. The molecular weight excluding hydrogens is 225 g/mol. The highest BCUT2D eigenvalue weighted by Crippen LogP contribution is 2.41. The van der Waals surface area contributed by atoms with E-state index < -0.39 is 0 Å². The fourth-order valence-corrected chi connectivity index (χ4v) is 2.55. The van der Waals surface area contributed by atoms with Crippen LogP contribution in [0.3, 0.4) is 0 Å². The molecule has 1 aliphatic carbocycles. The zero-order valence-electron chi connectivity index (χ0n) is 9.63. The summed E-state index contributed by atoms with van der Waals surface area (Å²) >= 11 is 6.02. The number of halogens is 2. The highest BCUT2D eigenvalue weighted by Gasteiger charge is 2.38. The van der Waals surface area contributed by atoms with Gasteiger partial charge in [0, 0.05) is 11.1 Å². The number of likely N-dealkylation sites (N-methyl/N-ethyl adjacent to an activating group) is 1. The van der Waals surface area contributed by atoms with Crippen LogP contribution in [-0.2, 0) is 6.42 Å². The minimum absolute atomic E-state index is 0.269. The summed E-state index contributed by atoms with van der Waals surface area (Å²) in [5, 5.41) is 3.87. The first-order valence-electron chi connectivity index (χ1n) is 5.73. The molecule has 0 aromatic heterocycles. The standard InChI is InChI=1S/C13H17ClFN/c1-8-5-11(8)13(16-2)6-9-3-4-10(15)7-12(9)14/h3-4,7-8,11,13,16H,5-6H2,1-2H3. The summed E-state index contributed by atoms with van der Waals surface area (Å²) in [4.78, 5) is 0. The Kier molecular flexibility index (Phi) is 3.50. The second kappa shape index (κ2) is 4.72. The molecule has 0 saturated heterocycles. The highest BCUT2D eigenvalue weighted by molar-refractivity contribution is 6.31. The molecule has 1 aromatic carbocycles. The van der Waals surface area contributed by atoms with Crippen molar-refractivity contribution in [1.29, 1.82) is 0 Å². The Bertz CT molecular complexity index is 380. The lowest BCUT2D eigenvalue weighted by Gasteiger charge is -2.16. The molecule has 1 saturated carbocycles. The van der Waals surface area contributed by atoms with Gasteiger partial charge in [0.15, 0.2) is 0 Å². The number of rotatable bonds is 4. The molecule has 1 fully saturated rings. The summed E-state index contributed by atoms with van der Waals surface area (Å²) in [5.41, 5.74) is 1.03. The topological polar surface area (TPSA) is 12.0 Å². The van der Waals surface area contributed by atoms with Gasteiger partial charge in [-0.1, -0.05) is 24.6 Å². The maximum atomic E-state index is 12.9. The zero-order chi connectivity index (χ0) is 11.7. The molecular formula is C13H17ClFN. The van der Waals surface area contributed by atoms with Crippen LogP contribution in [0.4, 0.5) is 4.39 Å². The van der Waals surface area contributed by atoms with Crippen molar-refractivity contribution in [3.63, 3.8) is 0 Å². The molecule has 16 heavy (non-hydrogen) atoms. The number of nitrogens with one attached hydrogen (secondary N) is 1.